The predicted molar refractivity (Wildman–Crippen MR) is 114 cm³/mol. The number of nitrogens with one attached hydrogen (secondary N) is 2. The molecule has 1 fully saturated rings. The molecule has 0 spiro atoms. The summed E-state index contributed by atoms with van der Waals surface area (Å²) in [5.41, 5.74) is 5.34. The van der Waals surface area contributed by atoms with Crippen LogP contribution in [0.2, 0.25) is 10.0 Å². The van der Waals surface area contributed by atoms with Crippen LogP contribution in [0.25, 0.3) is 11.1 Å². The topological polar surface area (TPSA) is 143 Å². The van der Waals surface area contributed by atoms with Crippen molar-refractivity contribution in [3.63, 3.8) is 0 Å². The summed E-state index contributed by atoms with van der Waals surface area (Å²) >= 11 is 12.2. The lowest BCUT2D eigenvalue weighted by Crippen LogP contribution is -2.52. The number of oxazole rings is 1. The second kappa shape index (κ2) is 8.34. The molecule has 0 saturated carbocycles. The Kier molecular flexibility index (Phi) is 5.59. The van der Waals surface area contributed by atoms with Crippen LogP contribution >= 0.6 is 23.2 Å². The van der Waals surface area contributed by atoms with E-state index in [0.29, 0.717) is 16.1 Å². The van der Waals surface area contributed by atoms with Gasteiger partial charge in [0.2, 0.25) is 11.7 Å². The minimum atomic E-state index is -1.24. The number of halogens is 2. The number of carbonyl (C=O) groups is 3. The highest BCUT2D eigenvalue weighted by molar-refractivity contribution is 6.50. The van der Waals surface area contributed by atoms with Crippen LogP contribution in [0.3, 0.4) is 0 Å². The number of Topliss-reactive ketones (excluding diaryl/α,β-unsaturated/α-hetero) is 1. The van der Waals surface area contributed by atoms with Crippen LogP contribution in [-0.2, 0) is 9.59 Å². The average molecular weight is 461 g/mol. The molecule has 1 saturated heterocycles. The van der Waals surface area contributed by atoms with Crippen molar-refractivity contribution in [1.82, 2.24) is 15.8 Å². The van der Waals surface area contributed by atoms with Crippen LogP contribution in [0.5, 0.6) is 0 Å². The van der Waals surface area contributed by atoms with Crippen molar-refractivity contribution in [2.45, 2.75) is 5.92 Å². The van der Waals surface area contributed by atoms with Gasteiger partial charge in [-0.15, -0.1) is 0 Å². The summed E-state index contributed by atoms with van der Waals surface area (Å²) in [5.74, 6) is 2.12. The van der Waals surface area contributed by atoms with Gasteiger partial charge in [-0.3, -0.25) is 19.9 Å². The van der Waals surface area contributed by atoms with Gasteiger partial charge >= 0.3 is 6.03 Å². The number of nitrogens with two attached hydrogens (primary N) is 1. The Morgan fingerprint density at radius 1 is 1.23 bits per heavy atom. The van der Waals surface area contributed by atoms with Crippen molar-refractivity contribution in [2.75, 3.05) is 11.4 Å². The van der Waals surface area contributed by atoms with Crippen molar-refractivity contribution in [3.8, 4) is 0 Å². The van der Waals surface area contributed by atoms with Gasteiger partial charge in [-0.2, -0.15) is 5.10 Å². The molecule has 12 heteroatoms. The third-order valence-corrected chi connectivity index (χ3v) is 5.10. The number of piperidine rings is 1. The van der Waals surface area contributed by atoms with E-state index >= 15 is 0 Å². The minimum absolute atomic E-state index is 0.0184. The summed E-state index contributed by atoms with van der Waals surface area (Å²) in [4.78, 5) is 43.0. The van der Waals surface area contributed by atoms with E-state index in [0.717, 1.165) is 4.90 Å². The quantitative estimate of drug-likeness (QED) is 0.237. The Balaban J connectivity index is 1.78. The largest absolute Gasteiger partial charge is 0.439 e. The van der Waals surface area contributed by atoms with Gasteiger partial charge in [0.15, 0.2) is 5.58 Å². The van der Waals surface area contributed by atoms with Gasteiger partial charge in [-0.25, -0.2) is 21.0 Å². The SMILES string of the molecule is NNC(=O)N/N=C1/CN(c2ccc(Cl)cc2Cl)C(=O)C(=O)[C@H]1c1nc2ccccc2o1. The molecule has 3 amide bonds. The predicted octanol–water partition coefficient (Wildman–Crippen LogP) is 2.36. The molecule has 0 aliphatic carbocycles. The second-order valence-electron chi connectivity index (χ2n) is 6.49. The molecule has 10 nitrogen and oxygen atoms in total. The highest BCUT2D eigenvalue weighted by Crippen LogP contribution is 2.34. The van der Waals surface area contributed by atoms with E-state index in [1.807, 2.05) is 5.43 Å². The molecule has 3 aromatic rings. The van der Waals surface area contributed by atoms with Crippen molar-refractivity contribution in [1.29, 1.82) is 0 Å². The standard InChI is InChI=1S/C19H14Cl2N6O4/c20-9-5-6-13(10(21)7-9)27-8-12(25-26-19(30)24-22)15(16(28)18(27)29)17-23-11-3-1-2-4-14(11)31-17/h1-7,15H,8,22H2,(H2,24,26,30)/b25-12-/t15-/m0/s1. The van der Waals surface area contributed by atoms with E-state index in [1.54, 1.807) is 24.3 Å². The van der Waals surface area contributed by atoms with Crippen molar-refractivity contribution in [3.05, 3.63) is 58.4 Å². The van der Waals surface area contributed by atoms with Crippen LogP contribution in [0, 0.1) is 0 Å². The number of carbonyl (C=O) groups excluding carboxylic acids is 3. The molecule has 1 atom stereocenters. The third-order valence-electron chi connectivity index (χ3n) is 4.56. The first-order valence-corrected chi connectivity index (χ1v) is 9.64. The molecule has 31 heavy (non-hydrogen) atoms. The number of hydrogen-bond acceptors (Lipinski definition) is 7. The van der Waals surface area contributed by atoms with Crippen LogP contribution < -0.4 is 21.6 Å². The summed E-state index contributed by atoms with van der Waals surface area (Å²) in [6.07, 6.45) is 0. The van der Waals surface area contributed by atoms with Gasteiger partial charge in [-0.05, 0) is 30.3 Å². The summed E-state index contributed by atoms with van der Waals surface area (Å²) < 4.78 is 5.69. The molecule has 0 bridgehead atoms. The fourth-order valence-electron chi connectivity index (χ4n) is 3.15. The molecule has 1 aliphatic rings. The van der Waals surface area contributed by atoms with Crippen LogP contribution in [-0.4, -0.2) is 35.0 Å². The monoisotopic (exact) mass is 460 g/mol. The van der Waals surface area contributed by atoms with Gasteiger partial charge in [0.1, 0.15) is 11.4 Å². The lowest BCUT2D eigenvalue weighted by molar-refractivity contribution is -0.137. The molecular formula is C19H14Cl2N6O4. The van der Waals surface area contributed by atoms with Gasteiger partial charge in [0.25, 0.3) is 5.91 Å². The maximum absolute atomic E-state index is 13.1. The number of amides is 3. The Bertz CT molecular complexity index is 1210. The zero-order chi connectivity index (χ0) is 22.1. The number of hydrazone groups is 1. The normalized spacial score (nSPS) is 18.0. The van der Waals surface area contributed by atoms with Gasteiger partial charge in [0, 0.05) is 5.02 Å². The van der Waals surface area contributed by atoms with Gasteiger partial charge in [0.05, 0.1) is 23.0 Å². The molecule has 0 radical (unpaired) electrons. The smallest absolute Gasteiger partial charge is 0.349 e. The maximum atomic E-state index is 13.1. The number of rotatable bonds is 3. The first-order chi connectivity index (χ1) is 14.9. The van der Waals surface area contributed by atoms with E-state index < -0.39 is 23.6 Å². The summed E-state index contributed by atoms with van der Waals surface area (Å²) in [7, 11) is 0. The first kappa shape index (κ1) is 20.8. The number of hydrogen-bond donors (Lipinski definition) is 3. The number of para-hydroxylation sites is 2. The average Bonchev–Trinajstić information content (AvgIpc) is 3.18. The van der Waals surface area contributed by atoms with E-state index in [1.165, 1.54) is 18.2 Å². The zero-order valence-corrected chi connectivity index (χ0v) is 17.1. The van der Waals surface area contributed by atoms with E-state index in [9.17, 15) is 14.4 Å². The Labute approximate surface area is 184 Å². The van der Waals surface area contributed by atoms with Gasteiger partial charge in [-0.1, -0.05) is 35.3 Å². The zero-order valence-electron chi connectivity index (χ0n) is 15.6. The van der Waals surface area contributed by atoms with Crippen LogP contribution in [0.4, 0.5) is 10.5 Å². The van der Waals surface area contributed by atoms with E-state index in [2.05, 4.69) is 15.5 Å². The molecule has 0 unspecified atom stereocenters. The molecular weight excluding hydrogens is 447 g/mol. The molecule has 2 heterocycles. The van der Waals surface area contributed by atoms with E-state index in [-0.39, 0.29) is 28.9 Å². The highest BCUT2D eigenvalue weighted by atomic mass is 35.5. The number of aromatic nitrogens is 1. The Hall–Kier alpha value is -3.47. The maximum Gasteiger partial charge on any atom is 0.349 e. The van der Waals surface area contributed by atoms with Gasteiger partial charge < -0.3 is 4.42 Å². The molecule has 4 rings (SSSR count). The number of benzene rings is 2. The number of fused-ring (bicyclic) bond motifs is 1. The Morgan fingerprint density at radius 2 is 2.00 bits per heavy atom. The fraction of sp³-hybridized carbons (Fsp3) is 0.105. The number of hydrazine groups is 1. The summed E-state index contributed by atoms with van der Waals surface area (Å²) in [6.45, 7) is -0.166. The van der Waals surface area contributed by atoms with Crippen LogP contribution in [0.15, 0.2) is 52.0 Å². The molecule has 1 aliphatic heterocycles. The number of urea groups is 1. The molecule has 2 aromatic carbocycles. The summed E-state index contributed by atoms with van der Waals surface area (Å²) in [5, 5.41) is 4.51. The molecule has 158 valence electrons. The van der Waals surface area contributed by atoms with Crippen molar-refractivity contribution >= 4 is 63.4 Å². The van der Waals surface area contributed by atoms with Crippen molar-refractivity contribution in [2.24, 2.45) is 10.9 Å². The number of nitrogens with zero attached hydrogens (tertiary/aromatic N) is 3. The lowest BCUT2D eigenvalue weighted by atomic mass is 9.92. The van der Waals surface area contributed by atoms with E-state index in [4.69, 9.17) is 33.5 Å². The summed E-state index contributed by atoms with van der Waals surface area (Å²) in [6, 6.07) is 10.6. The highest BCUT2D eigenvalue weighted by Gasteiger charge is 2.44. The number of anilines is 1. The second-order valence-corrected chi connectivity index (χ2v) is 7.34. The molecule has 1 aromatic heterocycles. The third kappa shape index (κ3) is 3.96. The molecule has 4 N–H and O–H groups in total. The lowest BCUT2D eigenvalue weighted by Gasteiger charge is -2.31. The minimum Gasteiger partial charge on any atom is -0.439 e. The van der Waals surface area contributed by atoms with Crippen molar-refractivity contribution < 1.29 is 18.8 Å². The number of ketones is 1. The Morgan fingerprint density at radius 3 is 2.71 bits per heavy atom. The fourth-order valence-corrected chi connectivity index (χ4v) is 3.66. The van der Waals surface area contributed by atoms with Crippen LogP contribution in [0.1, 0.15) is 11.8 Å². The first-order valence-electron chi connectivity index (χ1n) is 8.88.